The maximum Gasteiger partial charge on any atom is 0.273 e. The molecule has 166 valence electrons. The monoisotopic (exact) mass is 428 g/mol. The molecule has 1 N–H and O–H groups in total. The Morgan fingerprint density at radius 2 is 2.03 bits per heavy atom. The second kappa shape index (κ2) is 9.91. The lowest BCUT2D eigenvalue weighted by atomic mass is 9.86. The fraction of sp³-hybridized carbons (Fsp3) is 0.545. The summed E-state index contributed by atoms with van der Waals surface area (Å²) in [6, 6.07) is 5.42. The van der Waals surface area contributed by atoms with Crippen molar-refractivity contribution in [3.05, 3.63) is 34.2 Å². The highest BCUT2D eigenvalue weighted by Gasteiger charge is 2.20. The van der Waals surface area contributed by atoms with Crippen molar-refractivity contribution in [3.63, 3.8) is 0 Å². The number of aryl methyl sites for hydroxylation is 1. The minimum absolute atomic E-state index is 0.00389. The Kier molecular flexibility index (Phi) is 6.81. The molecular formula is C22H28N4O5. The lowest BCUT2D eigenvalue weighted by Gasteiger charge is -2.26. The zero-order valence-corrected chi connectivity index (χ0v) is 17.8. The molecule has 2 aliphatic rings. The summed E-state index contributed by atoms with van der Waals surface area (Å²) < 4.78 is 16.6. The first-order valence-electron chi connectivity index (χ1n) is 10.8. The number of H-pyrrole nitrogens is 1. The fourth-order valence-electron chi connectivity index (χ4n) is 3.65. The molecule has 0 spiro atoms. The van der Waals surface area contributed by atoms with Crippen molar-refractivity contribution in [3.8, 4) is 22.9 Å². The summed E-state index contributed by atoms with van der Waals surface area (Å²) in [5.41, 5.74) is 0.579. The third-order valence-corrected chi connectivity index (χ3v) is 5.84. The molecule has 0 bridgehead atoms. The number of rotatable bonds is 8. The first-order valence-corrected chi connectivity index (χ1v) is 10.8. The smallest absolute Gasteiger partial charge is 0.273 e. The highest BCUT2D eigenvalue weighted by Crippen LogP contribution is 2.33. The third-order valence-electron chi connectivity index (χ3n) is 5.84. The molecule has 2 heterocycles. The number of morpholine rings is 1. The fourth-order valence-corrected chi connectivity index (χ4v) is 3.65. The molecule has 1 saturated carbocycles. The van der Waals surface area contributed by atoms with E-state index in [4.69, 9.17) is 14.2 Å². The number of carbonyl (C=O) groups excluding carboxylic acids is 1. The van der Waals surface area contributed by atoms with Crippen LogP contribution in [0.15, 0.2) is 23.0 Å². The molecular weight excluding hydrogens is 400 g/mol. The molecule has 1 aliphatic carbocycles. The van der Waals surface area contributed by atoms with Gasteiger partial charge in [0.05, 0.1) is 26.9 Å². The van der Waals surface area contributed by atoms with Gasteiger partial charge < -0.3 is 24.1 Å². The largest absolute Gasteiger partial charge is 0.493 e. The number of aromatic amines is 1. The van der Waals surface area contributed by atoms with Crippen molar-refractivity contribution in [2.24, 2.45) is 5.92 Å². The lowest BCUT2D eigenvalue weighted by molar-refractivity contribution is -0.135. The Balaban J connectivity index is 1.40. The van der Waals surface area contributed by atoms with E-state index in [2.05, 4.69) is 15.2 Å². The first kappa shape index (κ1) is 21.3. The van der Waals surface area contributed by atoms with Crippen LogP contribution in [0, 0.1) is 5.92 Å². The van der Waals surface area contributed by atoms with E-state index in [-0.39, 0.29) is 30.0 Å². The molecule has 1 amide bonds. The number of nitrogens with zero attached hydrogens (tertiary/aromatic N) is 3. The summed E-state index contributed by atoms with van der Waals surface area (Å²) >= 11 is 0. The van der Waals surface area contributed by atoms with Gasteiger partial charge in [-0.3, -0.25) is 9.59 Å². The summed E-state index contributed by atoms with van der Waals surface area (Å²) in [5.74, 6) is 2.22. The average Bonchev–Trinajstić information content (AvgIpc) is 2.77. The van der Waals surface area contributed by atoms with Crippen molar-refractivity contribution in [1.82, 2.24) is 20.1 Å². The van der Waals surface area contributed by atoms with Crippen LogP contribution in [-0.4, -0.2) is 66.0 Å². The average molecular weight is 428 g/mol. The van der Waals surface area contributed by atoms with Crippen LogP contribution in [0.2, 0.25) is 0 Å². The molecule has 9 heteroatoms. The van der Waals surface area contributed by atoms with E-state index in [1.807, 2.05) is 12.1 Å². The van der Waals surface area contributed by atoms with Crippen molar-refractivity contribution in [1.29, 1.82) is 0 Å². The van der Waals surface area contributed by atoms with Gasteiger partial charge in [0, 0.05) is 31.5 Å². The molecule has 1 aliphatic heterocycles. The summed E-state index contributed by atoms with van der Waals surface area (Å²) in [7, 11) is 1.58. The second-order valence-corrected chi connectivity index (χ2v) is 7.92. The number of carbonyl (C=O) groups is 1. The predicted octanol–water partition coefficient (Wildman–Crippen LogP) is 1.81. The van der Waals surface area contributed by atoms with Gasteiger partial charge in [0.2, 0.25) is 5.91 Å². The van der Waals surface area contributed by atoms with Gasteiger partial charge in [-0.2, -0.15) is 0 Å². The standard InChI is InChI=1S/C22H28N4O5/c1-29-19-13-16(5-7-18(19)31-14-15-3-2-4-15)21-23-22(28)17(24-25-21)6-8-20(27)26-9-11-30-12-10-26/h5,7,13,15H,2-4,6,8-12,14H2,1H3,(H,23,25,28). The highest BCUT2D eigenvalue weighted by atomic mass is 16.5. The molecule has 0 unspecified atom stereocenters. The van der Waals surface area contributed by atoms with Gasteiger partial charge in [-0.25, -0.2) is 0 Å². The second-order valence-electron chi connectivity index (χ2n) is 7.92. The quantitative estimate of drug-likeness (QED) is 0.683. The molecule has 2 aromatic rings. The van der Waals surface area contributed by atoms with Crippen LogP contribution >= 0.6 is 0 Å². The van der Waals surface area contributed by atoms with Gasteiger partial charge in [0.15, 0.2) is 17.3 Å². The summed E-state index contributed by atoms with van der Waals surface area (Å²) in [6.45, 7) is 2.96. The van der Waals surface area contributed by atoms with Crippen LogP contribution in [0.4, 0.5) is 0 Å². The number of methoxy groups -OCH3 is 1. The first-order chi connectivity index (χ1) is 15.1. The molecule has 9 nitrogen and oxygen atoms in total. The maximum atomic E-state index is 12.5. The van der Waals surface area contributed by atoms with Crippen LogP contribution in [0.3, 0.4) is 0 Å². The minimum Gasteiger partial charge on any atom is -0.493 e. The normalized spacial score (nSPS) is 16.6. The summed E-state index contributed by atoms with van der Waals surface area (Å²) in [5, 5.41) is 8.22. The van der Waals surface area contributed by atoms with Crippen LogP contribution in [0.1, 0.15) is 31.4 Å². The Hall–Kier alpha value is -2.94. The van der Waals surface area contributed by atoms with Crippen LogP contribution in [0.25, 0.3) is 11.4 Å². The van der Waals surface area contributed by atoms with Crippen molar-refractivity contribution in [2.75, 3.05) is 40.0 Å². The van der Waals surface area contributed by atoms with E-state index in [9.17, 15) is 9.59 Å². The van der Waals surface area contributed by atoms with Gasteiger partial charge in [0.25, 0.3) is 5.56 Å². The molecule has 4 rings (SSSR count). The molecule has 0 atom stereocenters. The zero-order chi connectivity index (χ0) is 21.6. The van der Waals surface area contributed by atoms with Crippen molar-refractivity contribution < 1.29 is 19.0 Å². The number of aromatic nitrogens is 3. The van der Waals surface area contributed by atoms with E-state index in [1.54, 1.807) is 18.1 Å². The Labute approximate surface area is 180 Å². The van der Waals surface area contributed by atoms with Gasteiger partial charge >= 0.3 is 0 Å². The van der Waals surface area contributed by atoms with Gasteiger partial charge in [-0.15, -0.1) is 10.2 Å². The maximum absolute atomic E-state index is 12.5. The van der Waals surface area contributed by atoms with Crippen molar-refractivity contribution >= 4 is 5.91 Å². The highest BCUT2D eigenvalue weighted by molar-refractivity contribution is 5.76. The van der Waals surface area contributed by atoms with Crippen LogP contribution in [-0.2, 0) is 16.0 Å². The summed E-state index contributed by atoms with van der Waals surface area (Å²) in [6.07, 6.45) is 4.16. The predicted molar refractivity (Wildman–Crippen MR) is 113 cm³/mol. The Morgan fingerprint density at radius 3 is 2.71 bits per heavy atom. The molecule has 1 aromatic carbocycles. The van der Waals surface area contributed by atoms with Gasteiger partial charge in [-0.05, 0) is 37.0 Å². The number of ether oxygens (including phenoxy) is 3. The van der Waals surface area contributed by atoms with E-state index in [0.29, 0.717) is 61.7 Å². The number of benzene rings is 1. The summed E-state index contributed by atoms with van der Waals surface area (Å²) in [4.78, 5) is 29.3. The van der Waals surface area contributed by atoms with Crippen LogP contribution in [0.5, 0.6) is 11.5 Å². The van der Waals surface area contributed by atoms with Gasteiger partial charge in [0.1, 0.15) is 5.69 Å². The van der Waals surface area contributed by atoms with E-state index >= 15 is 0 Å². The number of nitrogens with one attached hydrogen (secondary N) is 1. The van der Waals surface area contributed by atoms with E-state index < -0.39 is 0 Å². The topological polar surface area (TPSA) is 107 Å². The lowest BCUT2D eigenvalue weighted by Crippen LogP contribution is -2.41. The third kappa shape index (κ3) is 5.22. The van der Waals surface area contributed by atoms with Crippen molar-refractivity contribution in [2.45, 2.75) is 32.1 Å². The Bertz CT molecular complexity index is 967. The molecule has 31 heavy (non-hydrogen) atoms. The molecule has 1 aromatic heterocycles. The van der Waals surface area contributed by atoms with E-state index in [0.717, 1.165) is 0 Å². The number of amides is 1. The van der Waals surface area contributed by atoms with Crippen LogP contribution < -0.4 is 15.0 Å². The van der Waals surface area contributed by atoms with E-state index in [1.165, 1.54) is 19.3 Å². The minimum atomic E-state index is -0.343. The number of hydrogen-bond acceptors (Lipinski definition) is 7. The SMILES string of the molecule is COc1cc(-c2nnc(CCC(=O)N3CCOCC3)c(=O)[nH]2)ccc1OCC1CCC1. The molecule has 2 fully saturated rings. The molecule has 0 radical (unpaired) electrons. The molecule has 1 saturated heterocycles. The zero-order valence-electron chi connectivity index (χ0n) is 17.8. The Morgan fingerprint density at radius 1 is 1.23 bits per heavy atom. The number of hydrogen-bond donors (Lipinski definition) is 1. The van der Waals surface area contributed by atoms with Gasteiger partial charge in [-0.1, -0.05) is 6.42 Å².